The highest BCUT2D eigenvalue weighted by atomic mass is 32.2. The van der Waals surface area contributed by atoms with Gasteiger partial charge in [0.2, 0.25) is 5.13 Å². The first-order chi connectivity index (χ1) is 13.3. The van der Waals surface area contributed by atoms with Crippen LogP contribution in [0.25, 0.3) is 0 Å². The van der Waals surface area contributed by atoms with Gasteiger partial charge in [-0.3, -0.25) is 14.4 Å². The van der Waals surface area contributed by atoms with E-state index in [0.29, 0.717) is 11.3 Å². The first-order valence-corrected chi connectivity index (χ1v) is 10.9. The zero-order valence-corrected chi connectivity index (χ0v) is 17.3. The molecular weight excluding hydrogens is 396 g/mol. The second kappa shape index (κ2) is 8.07. The van der Waals surface area contributed by atoms with Crippen molar-refractivity contribution in [1.29, 1.82) is 0 Å². The third-order valence-corrected chi connectivity index (χ3v) is 7.22. The van der Waals surface area contributed by atoms with Gasteiger partial charge in [-0.15, -0.1) is 10.2 Å². The fraction of sp³-hybridized carbons (Fsp3) is 0.211. The SMILES string of the molecule is CCN(c1ccc(C)cc1)S(=O)(=O)c1nnc(NC(=O)c2ccccc2C)s1. The fourth-order valence-corrected chi connectivity index (χ4v) is 5.13. The number of sulfonamides is 1. The molecule has 3 rings (SSSR count). The number of benzene rings is 2. The first kappa shape index (κ1) is 20.0. The Morgan fingerprint density at radius 3 is 2.39 bits per heavy atom. The maximum absolute atomic E-state index is 13.0. The maximum atomic E-state index is 13.0. The lowest BCUT2D eigenvalue weighted by atomic mass is 10.1. The van der Waals surface area contributed by atoms with Crippen LogP contribution in [0.2, 0.25) is 0 Å². The quantitative estimate of drug-likeness (QED) is 0.620. The molecule has 9 heteroatoms. The Hall–Kier alpha value is -2.78. The van der Waals surface area contributed by atoms with Crippen molar-refractivity contribution in [2.24, 2.45) is 0 Å². The van der Waals surface area contributed by atoms with Crippen LogP contribution in [-0.4, -0.2) is 31.1 Å². The molecule has 146 valence electrons. The molecule has 0 saturated carbocycles. The van der Waals surface area contributed by atoms with Gasteiger partial charge >= 0.3 is 0 Å². The van der Waals surface area contributed by atoms with Gasteiger partial charge in [-0.1, -0.05) is 47.2 Å². The highest BCUT2D eigenvalue weighted by molar-refractivity contribution is 7.94. The van der Waals surface area contributed by atoms with E-state index in [4.69, 9.17) is 0 Å². The Balaban J connectivity index is 1.84. The molecule has 3 aromatic rings. The number of aromatic nitrogens is 2. The summed E-state index contributed by atoms with van der Waals surface area (Å²) in [7, 11) is -3.88. The summed E-state index contributed by atoms with van der Waals surface area (Å²) in [6.45, 7) is 5.75. The molecule has 0 aliphatic heterocycles. The number of anilines is 2. The summed E-state index contributed by atoms with van der Waals surface area (Å²) in [6, 6.07) is 14.3. The van der Waals surface area contributed by atoms with Crippen LogP contribution in [0.4, 0.5) is 10.8 Å². The van der Waals surface area contributed by atoms with Crippen molar-refractivity contribution in [3.63, 3.8) is 0 Å². The van der Waals surface area contributed by atoms with Crippen molar-refractivity contribution in [2.75, 3.05) is 16.2 Å². The van der Waals surface area contributed by atoms with E-state index in [0.717, 1.165) is 22.5 Å². The van der Waals surface area contributed by atoms with E-state index in [2.05, 4.69) is 15.5 Å². The molecule has 1 amide bonds. The van der Waals surface area contributed by atoms with Crippen LogP contribution in [0.5, 0.6) is 0 Å². The number of hydrogen-bond donors (Lipinski definition) is 1. The first-order valence-electron chi connectivity index (χ1n) is 8.63. The predicted octanol–water partition coefficient (Wildman–Crippen LogP) is 3.62. The Kier molecular flexibility index (Phi) is 5.76. The molecule has 0 aliphatic carbocycles. The van der Waals surface area contributed by atoms with Crippen LogP contribution in [-0.2, 0) is 10.0 Å². The number of rotatable bonds is 6. The predicted molar refractivity (Wildman–Crippen MR) is 110 cm³/mol. The third-order valence-electron chi connectivity index (χ3n) is 4.14. The Morgan fingerprint density at radius 1 is 1.07 bits per heavy atom. The lowest BCUT2D eigenvalue weighted by Gasteiger charge is -2.21. The van der Waals surface area contributed by atoms with Crippen molar-refractivity contribution in [1.82, 2.24) is 10.2 Å². The summed E-state index contributed by atoms with van der Waals surface area (Å²) in [5.41, 5.74) is 2.90. The number of carbonyl (C=O) groups excluding carboxylic acids is 1. The number of nitrogens with one attached hydrogen (secondary N) is 1. The topological polar surface area (TPSA) is 92.3 Å². The Labute approximate surface area is 168 Å². The van der Waals surface area contributed by atoms with Gasteiger partial charge < -0.3 is 0 Å². The van der Waals surface area contributed by atoms with Gasteiger partial charge in [-0.05, 0) is 44.5 Å². The van der Waals surface area contributed by atoms with Gasteiger partial charge in [0.05, 0.1) is 5.69 Å². The molecular formula is C19H20N4O3S2. The van der Waals surface area contributed by atoms with Gasteiger partial charge in [0, 0.05) is 12.1 Å². The van der Waals surface area contributed by atoms with Crippen molar-refractivity contribution in [3.05, 3.63) is 65.2 Å². The molecule has 0 fully saturated rings. The molecule has 0 radical (unpaired) electrons. The van der Waals surface area contributed by atoms with Crippen LogP contribution in [0.3, 0.4) is 0 Å². The summed E-state index contributed by atoms with van der Waals surface area (Å²) in [5, 5.41) is 10.4. The van der Waals surface area contributed by atoms with E-state index in [-0.39, 0.29) is 21.9 Å². The van der Waals surface area contributed by atoms with Crippen molar-refractivity contribution in [2.45, 2.75) is 25.1 Å². The minimum absolute atomic E-state index is 0.131. The summed E-state index contributed by atoms with van der Waals surface area (Å²) in [4.78, 5) is 12.4. The summed E-state index contributed by atoms with van der Waals surface area (Å²) in [5.74, 6) is -0.357. The number of hydrogen-bond acceptors (Lipinski definition) is 6. The van der Waals surface area contributed by atoms with E-state index in [1.807, 2.05) is 38.1 Å². The third kappa shape index (κ3) is 4.05. The van der Waals surface area contributed by atoms with E-state index in [9.17, 15) is 13.2 Å². The van der Waals surface area contributed by atoms with E-state index >= 15 is 0 Å². The van der Waals surface area contributed by atoms with Gasteiger partial charge in [-0.2, -0.15) is 8.42 Å². The molecule has 1 heterocycles. The minimum atomic E-state index is -3.88. The highest BCUT2D eigenvalue weighted by Crippen LogP contribution is 2.28. The highest BCUT2D eigenvalue weighted by Gasteiger charge is 2.28. The largest absolute Gasteiger partial charge is 0.296 e. The molecule has 2 aromatic carbocycles. The number of nitrogens with zero attached hydrogens (tertiary/aromatic N) is 3. The molecule has 1 N–H and O–H groups in total. The van der Waals surface area contributed by atoms with Crippen LogP contribution >= 0.6 is 11.3 Å². The maximum Gasteiger partial charge on any atom is 0.293 e. The Bertz CT molecular complexity index is 1090. The van der Waals surface area contributed by atoms with Gasteiger partial charge in [0.1, 0.15) is 0 Å². The van der Waals surface area contributed by atoms with Crippen molar-refractivity contribution < 1.29 is 13.2 Å². The zero-order valence-electron chi connectivity index (χ0n) is 15.7. The lowest BCUT2D eigenvalue weighted by Crippen LogP contribution is -2.30. The summed E-state index contributed by atoms with van der Waals surface area (Å²) < 4.78 is 27.1. The van der Waals surface area contributed by atoms with E-state index in [1.165, 1.54) is 4.31 Å². The number of carbonyl (C=O) groups is 1. The van der Waals surface area contributed by atoms with Crippen molar-refractivity contribution >= 4 is 38.1 Å². The molecule has 7 nitrogen and oxygen atoms in total. The van der Waals surface area contributed by atoms with Crippen LogP contribution in [0.15, 0.2) is 52.9 Å². The molecule has 28 heavy (non-hydrogen) atoms. The van der Waals surface area contributed by atoms with E-state index in [1.54, 1.807) is 31.2 Å². The number of aryl methyl sites for hydroxylation is 2. The molecule has 0 spiro atoms. The molecule has 0 atom stereocenters. The fourth-order valence-electron chi connectivity index (χ4n) is 2.65. The second-order valence-electron chi connectivity index (χ2n) is 6.15. The lowest BCUT2D eigenvalue weighted by molar-refractivity contribution is 0.102. The second-order valence-corrected chi connectivity index (χ2v) is 9.16. The molecule has 0 aliphatic rings. The monoisotopic (exact) mass is 416 g/mol. The standard InChI is InChI=1S/C19H20N4O3S2/c1-4-23(15-11-9-13(2)10-12-15)28(25,26)19-22-21-18(27-19)20-17(24)16-8-6-5-7-14(16)3/h5-12H,4H2,1-3H3,(H,20,21,24). The minimum Gasteiger partial charge on any atom is -0.296 e. The summed E-state index contributed by atoms with van der Waals surface area (Å²) >= 11 is 0.826. The molecule has 1 aromatic heterocycles. The average Bonchev–Trinajstić information content (AvgIpc) is 3.13. The normalized spacial score (nSPS) is 11.2. The number of amides is 1. The van der Waals surface area contributed by atoms with E-state index < -0.39 is 10.0 Å². The molecule has 0 saturated heterocycles. The molecule has 0 unspecified atom stereocenters. The zero-order chi connectivity index (χ0) is 20.3. The van der Waals surface area contributed by atoms with Crippen LogP contribution in [0, 0.1) is 13.8 Å². The van der Waals surface area contributed by atoms with Gasteiger partial charge in [-0.25, -0.2) is 0 Å². The molecule has 0 bridgehead atoms. The van der Waals surface area contributed by atoms with Gasteiger partial charge in [0.25, 0.3) is 20.3 Å². The van der Waals surface area contributed by atoms with Crippen molar-refractivity contribution in [3.8, 4) is 0 Å². The smallest absolute Gasteiger partial charge is 0.293 e. The van der Waals surface area contributed by atoms with Gasteiger partial charge in [0.15, 0.2) is 0 Å². The van der Waals surface area contributed by atoms with Crippen LogP contribution < -0.4 is 9.62 Å². The summed E-state index contributed by atoms with van der Waals surface area (Å²) in [6.07, 6.45) is 0. The average molecular weight is 417 g/mol. The Morgan fingerprint density at radius 2 is 1.75 bits per heavy atom. The van der Waals surface area contributed by atoms with Crippen LogP contribution in [0.1, 0.15) is 28.4 Å².